The molecule has 0 aliphatic heterocycles. The van der Waals surface area contributed by atoms with Gasteiger partial charge < -0.3 is 15.0 Å². The number of benzene rings is 2. The molecule has 0 bridgehead atoms. The molecule has 0 aliphatic carbocycles. The summed E-state index contributed by atoms with van der Waals surface area (Å²) in [5.41, 5.74) is 11.6. The molecule has 0 aliphatic rings. The van der Waals surface area contributed by atoms with Gasteiger partial charge in [0.05, 0.1) is 36.8 Å². The number of carbonyl (C=O) groups excluding carboxylic acids is 2. The van der Waals surface area contributed by atoms with Crippen LogP contribution in [0.1, 0.15) is 35.0 Å². The minimum absolute atomic E-state index is 0.232. The van der Waals surface area contributed by atoms with E-state index in [1.165, 1.54) is 0 Å². The van der Waals surface area contributed by atoms with E-state index in [4.69, 9.17) is 10.5 Å². The van der Waals surface area contributed by atoms with Gasteiger partial charge in [0, 0.05) is 16.9 Å². The molecule has 0 fully saturated rings. The minimum Gasteiger partial charge on any atom is -0.466 e. The highest BCUT2D eigenvalue weighted by Gasteiger charge is 2.16. The number of hydrogen-bond donors (Lipinski definition) is 1. The molecule has 2 N–H and O–H groups in total. The van der Waals surface area contributed by atoms with Crippen molar-refractivity contribution >= 4 is 11.9 Å². The van der Waals surface area contributed by atoms with E-state index >= 15 is 0 Å². The summed E-state index contributed by atoms with van der Waals surface area (Å²) in [6.07, 6.45) is 4.22. The van der Waals surface area contributed by atoms with Gasteiger partial charge in [-0.05, 0) is 73.9 Å². The molecule has 0 saturated carbocycles. The van der Waals surface area contributed by atoms with Gasteiger partial charge in [0.25, 0.3) is 0 Å². The van der Waals surface area contributed by atoms with E-state index in [9.17, 15) is 9.59 Å². The molecular weight excluding hydrogens is 418 g/mol. The van der Waals surface area contributed by atoms with Gasteiger partial charge in [0.2, 0.25) is 5.91 Å². The molecule has 4 rings (SSSR count). The largest absolute Gasteiger partial charge is 0.466 e. The number of aryl methyl sites for hydroxylation is 2. The highest BCUT2D eigenvalue weighted by molar-refractivity contribution is 5.93. The van der Waals surface area contributed by atoms with Crippen molar-refractivity contribution in [2.75, 3.05) is 6.61 Å². The molecule has 2 aromatic carbocycles. The molecule has 33 heavy (non-hydrogen) atoms. The number of amides is 1. The molecule has 0 spiro atoms. The van der Waals surface area contributed by atoms with Gasteiger partial charge in [0.15, 0.2) is 0 Å². The monoisotopic (exact) mass is 443 g/mol. The SMILES string of the molecule is CCOC(=O)CCc1ccc(-c2ccc(-n3ccnn3)cc2)n1-c1ccc(C(N)=O)cc1C. The predicted octanol–water partition coefficient (Wildman–Crippen LogP) is 3.63. The lowest BCUT2D eigenvalue weighted by Crippen LogP contribution is -2.12. The van der Waals surface area contributed by atoms with Crippen LogP contribution in [0.4, 0.5) is 0 Å². The van der Waals surface area contributed by atoms with Gasteiger partial charge in [-0.25, -0.2) is 4.68 Å². The molecule has 0 radical (unpaired) electrons. The van der Waals surface area contributed by atoms with E-state index in [2.05, 4.69) is 14.9 Å². The van der Waals surface area contributed by atoms with E-state index in [0.717, 1.165) is 33.9 Å². The van der Waals surface area contributed by atoms with Crippen molar-refractivity contribution in [1.82, 2.24) is 19.6 Å². The smallest absolute Gasteiger partial charge is 0.306 e. The topological polar surface area (TPSA) is 105 Å². The second kappa shape index (κ2) is 9.52. The maximum absolute atomic E-state index is 12.0. The normalized spacial score (nSPS) is 10.8. The molecule has 4 aromatic rings. The summed E-state index contributed by atoms with van der Waals surface area (Å²) in [5.74, 6) is -0.701. The third-order valence-corrected chi connectivity index (χ3v) is 5.42. The molecule has 2 aromatic heterocycles. The van der Waals surface area contributed by atoms with Crippen molar-refractivity contribution in [3.05, 3.63) is 83.8 Å². The Morgan fingerprint density at radius 1 is 1.06 bits per heavy atom. The fourth-order valence-corrected chi connectivity index (χ4v) is 3.84. The first-order valence-electron chi connectivity index (χ1n) is 10.7. The number of esters is 1. The third kappa shape index (κ3) is 4.69. The Labute approximate surface area is 191 Å². The standard InChI is InChI=1S/C25H25N5O3/c1-3-33-24(31)13-10-21-9-12-23(18-4-7-20(8-5-18)29-15-14-27-28-29)30(21)22-11-6-19(25(26)32)16-17(22)2/h4-9,11-12,14-16H,3,10,13H2,1-2H3,(H2,26,32). The number of ether oxygens (including phenoxy) is 1. The van der Waals surface area contributed by atoms with Crippen molar-refractivity contribution < 1.29 is 14.3 Å². The molecule has 2 heterocycles. The number of nitrogens with zero attached hydrogens (tertiary/aromatic N) is 4. The highest BCUT2D eigenvalue weighted by Crippen LogP contribution is 2.30. The number of carbonyl (C=O) groups is 2. The zero-order valence-corrected chi connectivity index (χ0v) is 18.6. The second-order valence-electron chi connectivity index (χ2n) is 7.61. The van der Waals surface area contributed by atoms with E-state index in [1.54, 1.807) is 36.1 Å². The fraction of sp³-hybridized carbons (Fsp3) is 0.200. The summed E-state index contributed by atoms with van der Waals surface area (Å²) >= 11 is 0. The zero-order chi connectivity index (χ0) is 23.4. The molecule has 8 nitrogen and oxygen atoms in total. The van der Waals surface area contributed by atoms with Gasteiger partial charge >= 0.3 is 5.97 Å². The molecule has 1 amide bonds. The Morgan fingerprint density at radius 2 is 1.85 bits per heavy atom. The van der Waals surface area contributed by atoms with Crippen LogP contribution >= 0.6 is 0 Å². The van der Waals surface area contributed by atoms with Gasteiger partial charge in [-0.15, -0.1) is 5.10 Å². The van der Waals surface area contributed by atoms with Gasteiger partial charge in [-0.3, -0.25) is 9.59 Å². The van der Waals surface area contributed by atoms with Gasteiger partial charge in [-0.1, -0.05) is 17.3 Å². The summed E-state index contributed by atoms with van der Waals surface area (Å²) in [4.78, 5) is 23.6. The lowest BCUT2D eigenvalue weighted by molar-refractivity contribution is -0.143. The van der Waals surface area contributed by atoms with Crippen molar-refractivity contribution in [2.45, 2.75) is 26.7 Å². The molecule has 0 saturated heterocycles. The van der Waals surface area contributed by atoms with Crippen molar-refractivity contribution in [2.24, 2.45) is 5.73 Å². The second-order valence-corrected chi connectivity index (χ2v) is 7.61. The van der Waals surface area contributed by atoms with Crippen molar-refractivity contribution in [3.8, 4) is 22.6 Å². The predicted molar refractivity (Wildman–Crippen MR) is 124 cm³/mol. The van der Waals surface area contributed by atoms with Crippen LogP contribution < -0.4 is 5.73 Å². The number of aromatic nitrogens is 4. The molecule has 0 unspecified atom stereocenters. The first-order chi connectivity index (χ1) is 16.0. The Balaban J connectivity index is 1.76. The third-order valence-electron chi connectivity index (χ3n) is 5.42. The Morgan fingerprint density at radius 3 is 2.48 bits per heavy atom. The average molecular weight is 444 g/mol. The number of rotatable bonds is 8. The van der Waals surface area contributed by atoms with Crippen LogP contribution in [-0.2, 0) is 16.0 Å². The Bertz CT molecular complexity index is 1270. The van der Waals surface area contributed by atoms with Gasteiger partial charge in [0.1, 0.15) is 0 Å². The highest BCUT2D eigenvalue weighted by atomic mass is 16.5. The van der Waals surface area contributed by atoms with E-state index < -0.39 is 5.91 Å². The number of hydrogen-bond acceptors (Lipinski definition) is 5. The van der Waals surface area contributed by atoms with Crippen LogP contribution in [0.15, 0.2) is 67.0 Å². The van der Waals surface area contributed by atoms with E-state index in [1.807, 2.05) is 49.4 Å². The van der Waals surface area contributed by atoms with Crippen molar-refractivity contribution in [1.29, 1.82) is 0 Å². The molecule has 8 heteroatoms. The van der Waals surface area contributed by atoms with E-state index in [-0.39, 0.29) is 12.4 Å². The summed E-state index contributed by atoms with van der Waals surface area (Å²) < 4.78 is 8.91. The lowest BCUT2D eigenvalue weighted by Gasteiger charge is -2.17. The maximum atomic E-state index is 12.0. The average Bonchev–Trinajstić information content (AvgIpc) is 3.48. The summed E-state index contributed by atoms with van der Waals surface area (Å²) in [6.45, 7) is 4.09. The lowest BCUT2D eigenvalue weighted by atomic mass is 10.1. The van der Waals surface area contributed by atoms with Crippen LogP contribution in [0, 0.1) is 6.92 Å². The van der Waals surface area contributed by atoms with Crippen LogP contribution in [0.25, 0.3) is 22.6 Å². The molecule has 0 atom stereocenters. The number of nitrogens with two attached hydrogens (primary N) is 1. The summed E-state index contributed by atoms with van der Waals surface area (Å²) in [6, 6.07) is 17.4. The van der Waals surface area contributed by atoms with Crippen molar-refractivity contribution in [3.63, 3.8) is 0 Å². The molecule has 168 valence electrons. The van der Waals surface area contributed by atoms with Crippen LogP contribution in [0.2, 0.25) is 0 Å². The quantitative estimate of drug-likeness (QED) is 0.419. The molecular formula is C25H25N5O3. The van der Waals surface area contributed by atoms with Crippen LogP contribution in [0.3, 0.4) is 0 Å². The minimum atomic E-state index is -0.469. The number of primary amides is 1. The maximum Gasteiger partial charge on any atom is 0.306 e. The van der Waals surface area contributed by atoms with Crippen LogP contribution in [0.5, 0.6) is 0 Å². The summed E-state index contributed by atoms with van der Waals surface area (Å²) in [7, 11) is 0. The fourth-order valence-electron chi connectivity index (χ4n) is 3.84. The first-order valence-corrected chi connectivity index (χ1v) is 10.7. The Hall–Kier alpha value is -4.20. The first kappa shape index (κ1) is 22.0. The van der Waals surface area contributed by atoms with E-state index in [0.29, 0.717) is 18.6 Å². The summed E-state index contributed by atoms with van der Waals surface area (Å²) in [5, 5.41) is 7.88. The Kier molecular flexibility index (Phi) is 6.35. The van der Waals surface area contributed by atoms with Gasteiger partial charge in [-0.2, -0.15) is 0 Å². The van der Waals surface area contributed by atoms with Crippen LogP contribution in [-0.4, -0.2) is 38.0 Å². The zero-order valence-electron chi connectivity index (χ0n) is 18.6.